The van der Waals surface area contributed by atoms with Gasteiger partial charge in [0.05, 0.1) is 12.3 Å². The predicted molar refractivity (Wildman–Crippen MR) is 78.2 cm³/mol. The number of aliphatic hydroxyl groups excluding tert-OH is 1. The lowest BCUT2D eigenvalue weighted by molar-refractivity contribution is 0.0762. The molecule has 3 heterocycles. The van der Waals surface area contributed by atoms with Crippen molar-refractivity contribution >= 4 is 5.91 Å². The number of rotatable bonds is 3. The van der Waals surface area contributed by atoms with Gasteiger partial charge < -0.3 is 14.6 Å². The molecule has 0 spiro atoms. The number of nitrogens with zero attached hydrogens (tertiary/aromatic N) is 4. The lowest BCUT2D eigenvalue weighted by atomic mass is 10.0. The maximum Gasteiger partial charge on any atom is 0.259 e. The Morgan fingerprint density at radius 3 is 2.76 bits per heavy atom. The number of likely N-dealkylation sites (tertiary alicyclic amines) is 1. The van der Waals surface area contributed by atoms with Crippen LogP contribution in [0.4, 0.5) is 0 Å². The van der Waals surface area contributed by atoms with Crippen LogP contribution in [-0.2, 0) is 7.05 Å². The van der Waals surface area contributed by atoms with Crippen molar-refractivity contribution in [2.75, 3.05) is 13.1 Å². The van der Waals surface area contributed by atoms with Crippen LogP contribution in [0.5, 0.6) is 0 Å². The molecule has 3 rings (SSSR count). The zero-order valence-electron chi connectivity index (χ0n) is 12.3. The molecule has 0 radical (unpaired) electrons. The van der Waals surface area contributed by atoms with Crippen LogP contribution in [0.1, 0.15) is 23.7 Å². The second-order valence-corrected chi connectivity index (χ2v) is 5.64. The highest BCUT2D eigenvalue weighted by atomic mass is 16.3. The van der Waals surface area contributed by atoms with E-state index in [1.807, 2.05) is 36.1 Å². The average Bonchev–Trinajstić information content (AvgIpc) is 3.17. The Balaban J connectivity index is 1.87. The molecule has 1 aliphatic heterocycles. The molecule has 1 saturated heterocycles. The summed E-state index contributed by atoms with van der Waals surface area (Å²) in [6.07, 6.45) is 5.89. The molecule has 1 N–H and O–H groups in total. The molecule has 2 aromatic heterocycles. The summed E-state index contributed by atoms with van der Waals surface area (Å²) in [6.45, 7) is 3.08. The van der Waals surface area contributed by atoms with Crippen LogP contribution in [0.2, 0.25) is 0 Å². The van der Waals surface area contributed by atoms with Gasteiger partial charge in [0.25, 0.3) is 5.91 Å². The zero-order chi connectivity index (χ0) is 15.0. The first kappa shape index (κ1) is 13.9. The largest absolute Gasteiger partial charge is 0.393 e. The molecule has 1 aliphatic rings. The third kappa shape index (κ3) is 2.47. The van der Waals surface area contributed by atoms with Gasteiger partial charge in [-0.3, -0.25) is 9.48 Å². The molecule has 2 atom stereocenters. The number of carbonyl (C=O) groups excluding carboxylic acids is 1. The number of hydrogen-bond acceptors (Lipinski definition) is 3. The summed E-state index contributed by atoms with van der Waals surface area (Å²) in [5, 5.41) is 13.9. The molecule has 0 bridgehead atoms. The van der Waals surface area contributed by atoms with E-state index in [1.54, 1.807) is 22.7 Å². The van der Waals surface area contributed by atoms with E-state index in [9.17, 15) is 9.90 Å². The first-order valence-electron chi connectivity index (χ1n) is 7.20. The smallest absolute Gasteiger partial charge is 0.259 e. The Hall–Kier alpha value is -2.08. The van der Waals surface area contributed by atoms with Crippen molar-refractivity contribution in [1.82, 2.24) is 19.2 Å². The zero-order valence-corrected chi connectivity index (χ0v) is 12.3. The maximum atomic E-state index is 12.7. The van der Waals surface area contributed by atoms with Crippen LogP contribution in [0.3, 0.4) is 0 Å². The Morgan fingerprint density at radius 2 is 2.14 bits per heavy atom. The van der Waals surface area contributed by atoms with E-state index in [1.165, 1.54) is 0 Å². The Labute approximate surface area is 123 Å². The van der Waals surface area contributed by atoms with Gasteiger partial charge in [0.1, 0.15) is 11.4 Å². The summed E-state index contributed by atoms with van der Waals surface area (Å²) in [6, 6.07) is 3.83. The summed E-state index contributed by atoms with van der Waals surface area (Å²) in [5.41, 5.74) is 0.597. The highest BCUT2D eigenvalue weighted by molar-refractivity contribution is 5.97. The SMILES string of the molecule is CC(O)C1CCN(C(=O)c2cnn(C)c2-n2cccc2)C1. The second-order valence-electron chi connectivity index (χ2n) is 5.64. The molecule has 1 fully saturated rings. The van der Waals surface area contributed by atoms with Crippen molar-refractivity contribution in [2.45, 2.75) is 19.4 Å². The molecule has 0 aliphatic carbocycles. The van der Waals surface area contributed by atoms with Gasteiger partial charge in [0.15, 0.2) is 0 Å². The molecular weight excluding hydrogens is 268 g/mol. The van der Waals surface area contributed by atoms with Gasteiger partial charge in [-0.1, -0.05) is 0 Å². The quantitative estimate of drug-likeness (QED) is 0.918. The summed E-state index contributed by atoms with van der Waals surface area (Å²) < 4.78 is 3.60. The normalized spacial score (nSPS) is 20.0. The molecular formula is C15H20N4O2. The van der Waals surface area contributed by atoms with E-state index in [0.717, 1.165) is 12.2 Å². The van der Waals surface area contributed by atoms with Crippen LogP contribution in [-0.4, -0.2) is 49.5 Å². The number of aromatic nitrogens is 3. The van der Waals surface area contributed by atoms with Crippen molar-refractivity contribution in [1.29, 1.82) is 0 Å². The van der Waals surface area contributed by atoms with Crippen molar-refractivity contribution < 1.29 is 9.90 Å². The molecule has 2 unspecified atom stereocenters. The molecule has 21 heavy (non-hydrogen) atoms. The van der Waals surface area contributed by atoms with Crippen molar-refractivity contribution in [3.63, 3.8) is 0 Å². The number of amides is 1. The van der Waals surface area contributed by atoms with Gasteiger partial charge in [-0.15, -0.1) is 0 Å². The Kier molecular flexibility index (Phi) is 3.55. The van der Waals surface area contributed by atoms with Crippen molar-refractivity contribution in [2.24, 2.45) is 13.0 Å². The molecule has 112 valence electrons. The van der Waals surface area contributed by atoms with Crippen molar-refractivity contribution in [3.05, 3.63) is 36.3 Å². The van der Waals surface area contributed by atoms with Gasteiger partial charge in [-0.2, -0.15) is 5.10 Å². The van der Waals surface area contributed by atoms with E-state index in [-0.39, 0.29) is 17.9 Å². The molecule has 6 heteroatoms. The summed E-state index contributed by atoms with van der Waals surface area (Å²) in [7, 11) is 1.83. The lowest BCUT2D eigenvalue weighted by Crippen LogP contribution is -2.31. The number of aryl methyl sites for hydroxylation is 1. The fraction of sp³-hybridized carbons (Fsp3) is 0.467. The third-order valence-corrected chi connectivity index (χ3v) is 4.18. The van der Waals surface area contributed by atoms with E-state index < -0.39 is 0 Å². The summed E-state index contributed by atoms with van der Waals surface area (Å²) in [4.78, 5) is 14.5. The average molecular weight is 288 g/mol. The molecule has 0 aromatic carbocycles. The summed E-state index contributed by atoms with van der Waals surface area (Å²) >= 11 is 0. The van der Waals surface area contributed by atoms with Gasteiger partial charge in [-0.25, -0.2) is 0 Å². The topological polar surface area (TPSA) is 63.3 Å². The highest BCUT2D eigenvalue weighted by Gasteiger charge is 2.31. The third-order valence-electron chi connectivity index (χ3n) is 4.18. The minimum Gasteiger partial charge on any atom is -0.393 e. The monoisotopic (exact) mass is 288 g/mol. The number of hydrogen-bond donors (Lipinski definition) is 1. The highest BCUT2D eigenvalue weighted by Crippen LogP contribution is 2.23. The Morgan fingerprint density at radius 1 is 1.43 bits per heavy atom. The van der Waals surface area contributed by atoms with Crippen molar-refractivity contribution in [3.8, 4) is 5.82 Å². The first-order chi connectivity index (χ1) is 10.1. The minimum atomic E-state index is -0.374. The fourth-order valence-corrected chi connectivity index (χ4v) is 2.90. The Bertz CT molecular complexity index is 630. The maximum absolute atomic E-state index is 12.7. The van der Waals surface area contributed by atoms with Gasteiger partial charge in [0, 0.05) is 38.4 Å². The molecule has 0 saturated carbocycles. The van der Waals surface area contributed by atoms with Crippen LogP contribution >= 0.6 is 0 Å². The molecule has 6 nitrogen and oxygen atoms in total. The predicted octanol–water partition coefficient (Wildman–Crippen LogP) is 1.05. The van der Waals surface area contributed by atoms with E-state index in [4.69, 9.17) is 0 Å². The van der Waals surface area contributed by atoms with Gasteiger partial charge in [-0.05, 0) is 25.5 Å². The number of aliphatic hydroxyl groups is 1. The number of carbonyl (C=O) groups is 1. The van der Waals surface area contributed by atoms with E-state index in [2.05, 4.69) is 5.10 Å². The minimum absolute atomic E-state index is 0.0186. The fourth-order valence-electron chi connectivity index (χ4n) is 2.90. The molecule has 1 amide bonds. The first-order valence-corrected chi connectivity index (χ1v) is 7.20. The van der Waals surface area contributed by atoms with Crippen LogP contribution in [0, 0.1) is 5.92 Å². The standard InChI is InChI=1S/C15H20N4O2/c1-11(20)12-5-8-19(10-12)15(21)13-9-16-17(2)14(13)18-6-3-4-7-18/h3-4,6-7,9,11-12,20H,5,8,10H2,1-2H3. The lowest BCUT2D eigenvalue weighted by Gasteiger charge is -2.18. The van der Waals surface area contributed by atoms with E-state index in [0.29, 0.717) is 18.7 Å². The van der Waals surface area contributed by atoms with Crippen LogP contribution in [0.15, 0.2) is 30.7 Å². The van der Waals surface area contributed by atoms with Gasteiger partial charge in [0.2, 0.25) is 0 Å². The van der Waals surface area contributed by atoms with Crippen LogP contribution < -0.4 is 0 Å². The van der Waals surface area contributed by atoms with E-state index >= 15 is 0 Å². The summed E-state index contributed by atoms with van der Waals surface area (Å²) in [5.74, 6) is 0.918. The van der Waals surface area contributed by atoms with Gasteiger partial charge >= 0.3 is 0 Å². The molecule has 2 aromatic rings. The van der Waals surface area contributed by atoms with Crippen LogP contribution in [0.25, 0.3) is 5.82 Å². The second kappa shape index (κ2) is 5.37.